The topological polar surface area (TPSA) is 70.0 Å². The number of hydrogen-bond acceptors (Lipinski definition) is 3. The van der Waals surface area contributed by atoms with Crippen molar-refractivity contribution in [2.75, 3.05) is 0 Å². The lowest BCUT2D eigenvalue weighted by molar-refractivity contribution is 0.515. The van der Waals surface area contributed by atoms with Gasteiger partial charge in [0.2, 0.25) is 10.0 Å². The first-order valence-electron chi connectivity index (χ1n) is 6.12. The Morgan fingerprint density at radius 2 is 2.16 bits per heavy atom. The molecule has 1 aliphatic carbocycles. The van der Waals surface area contributed by atoms with E-state index in [1.807, 2.05) is 6.92 Å². The molecule has 0 spiro atoms. The molecular formula is C13H15BrN2O2S. The third-order valence-corrected chi connectivity index (χ3v) is 5.83. The maximum absolute atomic E-state index is 12.3. The second-order valence-corrected chi connectivity index (χ2v) is 7.36. The van der Waals surface area contributed by atoms with E-state index in [4.69, 9.17) is 5.26 Å². The van der Waals surface area contributed by atoms with Crippen molar-refractivity contribution in [1.82, 2.24) is 4.72 Å². The van der Waals surface area contributed by atoms with Crippen LogP contribution in [0.5, 0.6) is 0 Å². The van der Waals surface area contributed by atoms with Gasteiger partial charge >= 0.3 is 0 Å². The quantitative estimate of drug-likeness (QED) is 0.917. The summed E-state index contributed by atoms with van der Waals surface area (Å²) in [5, 5.41) is 9.00. The average molecular weight is 343 g/mol. The van der Waals surface area contributed by atoms with Crippen LogP contribution in [0.25, 0.3) is 0 Å². The lowest BCUT2D eigenvalue weighted by Gasteiger charge is -2.16. The van der Waals surface area contributed by atoms with Gasteiger partial charge in [-0.3, -0.25) is 0 Å². The van der Waals surface area contributed by atoms with Gasteiger partial charge in [0.05, 0.1) is 16.9 Å². The molecule has 1 N–H and O–H groups in total. The summed E-state index contributed by atoms with van der Waals surface area (Å²) in [5.74, 6) is -0.223. The summed E-state index contributed by atoms with van der Waals surface area (Å²) in [6.45, 7) is 1.90. The SMILES string of the molecule is Cc1ccc(S(=O)(=O)NC2CCCC2C#N)c(Br)c1. The van der Waals surface area contributed by atoms with Gasteiger partial charge in [-0.1, -0.05) is 12.5 Å². The van der Waals surface area contributed by atoms with E-state index in [2.05, 4.69) is 26.7 Å². The zero-order valence-corrected chi connectivity index (χ0v) is 13.0. The molecule has 0 aliphatic heterocycles. The Balaban J connectivity index is 2.26. The van der Waals surface area contributed by atoms with E-state index >= 15 is 0 Å². The number of sulfonamides is 1. The second-order valence-electron chi connectivity index (χ2n) is 4.83. The van der Waals surface area contributed by atoms with Crippen LogP contribution in [-0.2, 0) is 10.0 Å². The first-order valence-corrected chi connectivity index (χ1v) is 8.40. The van der Waals surface area contributed by atoms with Crippen LogP contribution in [-0.4, -0.2) is 14.5 Å². The molecule has 2 unspecified atom stereocenters. The van der Waals surface area contributed by atoms with Gasteiger partial charge in [0.25, 0.3) is 0 Å². The molecular weight excluding hydrogens is 328 g/mol. The number of nitrogens with zero attached hydrogens (tertiary/aromatic N) is 1. The highest BCUT2D eigenvalue weighted by atomic mass is 79.9. The van der Waals surface area contributed by atoms with Crippen LogP contribution in [0.4, 0.5) is 0 Å². The van der Waals surface area contributed by atoms with E-state index in [-0.39, 0.29) is 16.9 Å². The van der Waals surface area contributed by atoms with Crippen molar-refractivity contribution in [3.05, 3.63) is 28.2 Å². The Morgan fingerprint density at radius 1 is 1.42 bits per heavy atom. The summed E-state index contributed by atoms with van der Waals surface area (Å²) in [6, 6.07) is 7.01. The molecule has 19 heavy (non-hydrogen) atoms. The van der Waals surface area contributed by atoms with Gasteiger partial charge in [0.15, 0.2) is 0 Å². The zero-order valence-electron chi connectivity index (χ0n) is 10.6. The Labute approximate surface area is 122 Å². The number of nitrogens with one attached hydrogen (secondary N) is 1. The van der Waals surface area contributed by atoms with Gasteiger partial charge < -0.3 is 0 Å². The molecule has 1 aliphatic rings. The summed E-state index contributed by atoms with van der Waals surface area (Å²) < 4.78 is 27.9. The predicted molar refractivity (Wildman–Crippen MR) is 75.9 cm³/mol. The van der Waals surface area contributed by atoms with Gasteiger partial charge in [0.1, 0.15) is 0 Å². The molecule has 1 aromatic carbocycles. The van der Waals surface area contributed by atoms with Gasteiger partial charge in [-0.05, 0) is 53.4 Å². The molecule has 0 amide bonds. The highest BCUT2D eigenvalue weighted by molar-refractivity contribution is 9.10. The van der Waals surface area contributed by atoms with Crippen LogP contribution in [0.3, 0.4) is 0 Å². The van der Waals surface area contributed by atoms with Gasteiger partial charge in [-0.2, -0.15) is 5.26 Å². The van der Waals surface area contributed by atoms with E-state index in [0.717, 1.165) is 24.8 Å². The molecule has 2 rings (SSSR count). The number of halogens is 1. The molecule has 1 aromatic rings. The summed E-state index contributed by atoms with van der Waals surface area (Å²) in [6.07, 6.45) is 2.38. The van der Waals surface area contributed by atoms with E-state index in [1.54, 1.807) is 18.2 Å². The Kier molecular flexibility index (Phi) is 4.29. The lowest BCUT2D eigenvalue weighted by Crippen LogP contribution is -2.37. The number of nitriles is 1. The molecule has 1 saturated carbocycles. The third-order valence-electron chi connectivity index (χ3n) is 3.37. The summed E-state index contributed by atoms with van der Waals surface area (Å²) in [7, 11) is -3.58. The van der Waals surface area contributed by atoms with E-state index < -0.39 is 10.0 Å². The Morgan fingerprint density at radius 3 is 2.79 bits per heavy atom. The monoisotopic (exact) mass is 342 g/mol. The highest BCUT2D eigenvalue weighted by Crippen LogP contribution is 2.28. The van der Waals surface area contributed by atoms with Crippen LogP contribution in [0.2, 0.25) is 0 Å². The van der Waals surface area contributed by atoms with E-state index in [9.17, 15) is 8.42 Å². The van der Waals surface area contributed by atoms with Crippen molar-refractivity contribution in [3.63, 3.8) is 0 Å². The van der Waals surface area contributed by atoms with Crippen LogP contribution in [0.15, 0.2) is 27.6 Å². The third kappa shape index (κ3) is 3.16. The van der Waals surface area contributed by atoms with Crippen molar-refractivity contribution in [2.45, 2.75) is 37.1 Å². The maximum atomic E-state index is 12.3. The van der Waals surface area contributed by atoms with E-state index in [1.165, 1.54) is 0 Å². The van der Waals surface area contributed by atoms with Gasteiger partial charge in [-0.15, -0.1) is 0 Å². The fourth-order valence-electron chi connectivity index (χ4n) is 2.34. The predicted octanol–water partition coefficient (Wildman–Crippen LogP) is 2.73. The van der Waals surface area contributed by atoms with Crippen molar-refractivity contribution < 1.29 is 8.42 Å². The first-order chi connectivity index (χ1) is 8.94. The minimum absolute atomic E-state index is 0.223. The molecule has 0 radical (unpaired) electrons. The minimum atomic E-state index is -3.58. The molecule has 1 fully saturated rings. The first kappa shape index (κ1) is 14.5. The van der Waals surface area contributed by atoms with Gasteiger partial charge in [0, 0.05) is 10.5 Å². The largest absolute Gasteiger partial charge is 0.241 e. The van der Waals surface area contributed by atoms with Crippen molar-refractivity contribution in [1.29, 1.82) is 5.26 Å². The molecule has 0 heterocycles. The summed E-state index contributed by atoms with van der Waals surface area (Å²) in [5.41, 5.74) is 0.988. The van der Waals surface area contributed by atoms with Crippen LogP contribution < -0.4 is 4.72 Å². The number of hydrogen-bond donors (Lipinski definition) is 1. The zero-order chi connectivity index (χ0) is 14.0. The molecule has 2 atom stereocenters. The minimum Gasteiger partial charge on any atom is -0.207 e. The molecule has 0 aromatic heterocycles. The highest BCUT2D eigenvalue weighted by Gasteiger charge is 2.31. The van der Waals surface area contributed by atoms with Gasteiger partial charge in [-0.25, -0.2) is 13.1 Å². The summed E-state index contributed by atoms with van der Waals surface area (Å²) in [4.78, 5) is 0.224. The number of rotatable bonds is 3. The lowest BCUT2D eigenvalue weighted by atomic mass is 10.1. The van der Waals surface area contributed by atoms with Crippen LogP contribution in [0, 0.1) is 24.2 Å². The standard InChI is InChI=1S/C13H15BrN2O2S/c1-9-5-6-13(11(14)7-9)19(17,18)16-12-4-2-3-10(12)8-15/h5-7,10,12,16H,2-4H2,1H3. The molecule has 0 bridgehead atoms. The van der Waals surface area contributed by atoms with E-state index in [0.29, 0.717) is 4.47 Å². The molecule has 0 saturated heterocycles. The molecule has 4 nitrogen and oxygen atoms in total. The average Bonchev–Trinajstić information content (AvgIpc) is 2.74. The maximum Gasteiger partial charge on any atom is 0.241 e. The smallest absolute Gasteiger partial charge is 0.207 e. The number of aryl methyl sites for hydroxylation is 1. The number of benzene rings is 1. The summed E-state index contributed by atoms with van der Waals surface area (Å²) >= 11 is 3.28. The Hall–Kier alpha value is -0.900. The van der Waals surface area contributed by atoms with Crippen molar-refractivity contribution in [3.8, 4) is 6.07 Å². The fraction of sp³-hybridized carbons (Fsp3) is 0.462. The van der Waals surface area contributed by atoms with Crippen LogP contribution >= 0.6 is 15.9 Å². The molecule has 6 heteroatoms. The molecule has 102 valence electrons. The second kappa shape index (κ2) is 5.61. The Bertz CT molecular complexity index is 622. The normalized spacial score (nSPS) is 23.2. The van der Waals surface area contributed by atoms with Crippen LogP contribution in [0.1, 0.15) is 24.8 Å². The van der Waals surface area contributed by atoms with Crippen molar-refractivity contribution in [2.24, 2.45) is 5.92 Å². The van der Waals surface area contributed by atoms with Crippen molar-refractivity contribution >= 4 is 26.0 Å². The fourth-order valence-corrected chi connectivity index (χ4v) is 4.85.